The molecule has 0 atom stereocenters. The highest BCUT2D eigenvalue weighted by Crippen LogP contribution is 2.31. The van der Waals surface area contributed by atoms with E-state index in [4.69, 9.17) is 11.6 Å². The molecule has 3 aromatic rings. The standard InChI is InChI=1S/C20H15BrClN3O2S/c1-12(26)24-14-6-9-17(22)18(11-14)25-19(27)16-3-2-10-23-20(16)28-15-7-4-13(21)5-8-15/h2-11H,1H3,(H,24,26)(H,25,27). The first kappa shape index (κ1) is 20.4. The number of aromatic nitrogens is 1. The van der Waals surface area contributed by atoms with Crippen LogP contribution in [-0.2, 0) is 4.79 Å². The summed E-state index contributed by atoms with van der Waals surface area (Å²) >= 11 is 11.0. The Morgan fingerprint density at radius 1 is 1.07 bits per heavy atom. The van der Waals surface area contributed by atoms with Crippen molar-refractivity contribution in [2.24, 2.45) is 0 Å². The van der Waals surface area contributed by atoms with E-state index in [0.717, 1.165) is 9.37 Å². The zero-order valence-corrected chi connectivity index (χ0v) is 17.9. The number of nitrogens with zero attached hydrogens (tertiary/aromatic N) is 1. The van der Waals surface area contributed by atoms with Gasteiger partial charge in [0, 0.05) is 28.2 Å². The number of hydrogen-bond donors (Lipinski definition) is 2. The molecule has 5 nitrogen and oxygen atoms in total. The molecule has 0 bridgehead atoms. The van der Waals surface area contributed by atoms with Gasteiger partial charge in [-0.1, -0.05) is 39.3 Å². The molecule has 0 unspecified atom stereocenters. The summed E-state index contributed by atoms with van der Waals surface area (Å²) < 4.78 is 0.976. The minimum atomic E-state index is -0.338. The van der Waals surface area contributed by atoms with Crippen LogP contribution in [0, 0.1) is 0 Å². The summed E-state index contributed by atoms with van der Waals surface area (Å²) in [5, 5.41) is 6.41. The van der Waals surface area contributed by atoms with E-state index in [1.165, 1.54) is 18.7 Å². The van der Waals surface area contributed by atoms with E-state index in [1.807, 2.05) is 24.3 Å². The molecule has 2 aromatic carbocycles. The quantitative estimate of drug-likeness (QED) is 0.484. The predicted octanol–water partition coefficient (Wildman–Crippen LogP) is 5.86. The Bertz CT molecular complexity index is 1030. The lowest BCUT2D eigenvalue weighted by molar-refractivity contribution is -0.114. The Labute approximate surface area is 180 Å². The van der Waals surface area contributed by atoms with E-state index in [0.29, 0.717) is 27.0 Å². The van der Waals surface area contributed by atoms with E-state index < -0.39 is 0 Å². The first-order valence-corrected chi connectivity index (χ1v) is 10.2. The van der Waals surface area contributed by atoms with Gasteiger partial charge in [-0.05, 0) is 54.6 Å². The maximum Gasteiger partial charge on any atom is 0.258 e. The van der Waals surface area contributed by atoms with Crippen LogP contribution in [-0.4, -0.2) is 16.8 Å². The lowest BCUT2D eigenvalue weighted by Gasteiger charge is -2.12. The second kappa shape index (κ2) is 9.23. The molecule has 3 rings (SSSR count). The monoisotopic (exact) mass is 475 g/mol. The fraction of sp³-hybridized carbons (Fsp3) is 0.0500. The van der Waals surface area contributed by atoms with Crippen molar-refractivity contribution >= 4 is 62.5 Å². The highest BCUT2D eigenvalue weighted by molar-refractivity contribution is 9.10. The van der Waals surface area contributed by atoms with Gasteiger partial charge in [0.25, 0.3) is 5.91 Å². The van der Waals surface area contributed by atoms with E-state index >= 15 is 0 Å². The molecule has 28 heavy (non-hydrogen) atoms. The van der Waals surface area contributed by atoms with Crippen LogP contribution in [0.4, 0.5) is 11.4 Å². The van der Waals surface area contributed by atoms with Crippen LogP contribution in [0.1, 0.15) is 17.3 Å². The summed E-state index contributed by atoms with van der Waals surface area (Å²) in [7, 11) is 0. The van der Waals surface area contributed by atoms with Crippen molar-refractivity contribution in [2.45, 2.75) is 16.8 Å². The van der Waals surface area contributed by atoms with Gasteiger partial charge in [0.05, 0.1) is 16.3 Å². The average molecular weight is 477 g/mol. The molecule has 142 valence electrons. The minimum absolute atomic E-state index is 0.208. The summed E-state index contributed by atoms with van der Waals surface area (Å²) in [6.45, 7) is 1.41. The van der Waals surface area contributed by atoms with Gasteiger partial charge in [0.1, 0.15) is 5.03 Å². The van der Waals surface area contributed by atoms with E-state index in [1.54, 1.807) is 36.5 Å². The van der Waals surface area contributed by atoms with Crippen molar-refractivity contribution in [3.8, 4) is 0 Å². The normalized spacial score (nSPS) is 10.4. The zero-order valence-electron chi connectivity index (χ0n) is 14.7. The van der Waals surface area contributed by atoms with Crippen LogP contribution >= 0.6 is 39.3 Å². The molecule has 1 aromatic heterocycles. The average Bonchev–Trinajstić information content (AvgIpc) is 2.66. The molecule has 0 aliphatic carbocycles. The highest BCUT2D eigenvalue weighted by Gasteiger charge is 2.15. The van der Waals surface area contributed by atoms with Gasteiger partial charge >= 0.3 is 0 Å². The Hall–Kier alpha value is -2.35. The number of hydrogen-bond acceptors (Lipinski definition) is 4. The summed E-state index contributed by atoms with van der Waals surface area (Å²) in [6.07, 6.45) is 1.64. The first-order valence-electron chi connectivity index (χ1n) is 8.19. The molecule has 8 heteroatoms. The maximum absolute atomic E-state index is 12.8. The van der Waals surface area contributed by atoms with Crippen LogP contribution in [0.5, 0.6) is 0 Å². The summed E-state index contributed by atoms with van der Waals surface area (Å²) in [6, 6.07) is 16.0. The molecule has 0 aliphatic rings. The Morgan fingerprint density at radius 2 is 1.82 bits per heavy atom. The molecule has 0 saturated heterocycles. The summed E-state index contributed by atoms with van der Waals surface area (Å²) in [5.74, 6) is -0.547. The second-order valence-corrected chi connectivity index (χ2v) is 8.13. The predicted molar refractivity (Wildman–Crippen MR) is 116 cm³/mol. The Morgan fingerprint density at radius 3 is 2.54 bits per heavy atom. The molecular weight excluding hydrogens is 462 g/mol. The number of carbonyl (C=O) groups excluding carboxylic acids is 2. The zero-order chi connectivity index (χ0) is 20.1. The second-order valence-electron chi connectivity index (χ2n) is 5.74. The SMILES string of the molecule is CC(=O)Nc1ccc(Cl)c(NC(=O)c2cccnc2Sc2ccc(Br)cc2)c1. The minimum Gasteiger partial charge on any atom is -0.326 e. The van der Waals surface area contributed by atoms with Crippen molar-refractivity contribution in [1.29, 1.82) is 0 Å². The van der Waals surface area contributed by atoms with Gasteiger partial charge in [-0.3, -0.25) is 9.59 Å². The van der Waals surface area contributed by atoms with E-state index in [-0.39, 0.29) is 11.8 Å². The van der Waals surface area contributed by atoms with Crippen molar-refractivity contribution < 1.29 is 9.59 Å². The van der Waals surface area contributed by atoms with Gasteiger partial charge in [-0.15, -0.1) is 0 Å². The van der Waals surface area contributed by atoms with Crippen LogP contribution in [0.2, 0.25) is 5.02 Å². The number of halogens is 2. The smallest absolute Gasteiger partial charge is 0.258 e. The molecule has 0 fully saturated rings. The van der Waals surface area contributed by atoms with Crippen LogP contribution in [0.3, 0.4) is 0 Å². The number of carbonyl (C=O) groups is 2. The number of amides is 2. The Balaban J connectivity index is 1.83. The Kier molecular flexibility index (Phi) is 6.72. The number of rotatable bonds is 5. The topological polar surface area (TPSA) is 71.1 Å². The van der Waals surface area contributed by atoms with Crippen molar-refractivity contribution in [2.75, 3.05) is 10.6 Å². The molecule has 0 radical (unpaired) electrons. The van der Waals surface area contributed by atoms with Gasteiger partial charge in [-0.2, -0.15) is 0 Å². The van der Waals surface area contributed by atoms with Crippen molar-refractivity contribution in [1.82, 2.24) is 4.98 Å². The lowest BCUT2D eigenvalue weighted by atomic mass is 10.2. The van der Waals surface area contributed by atoms with Crippen molar-refractivity contribution in [3.05, 3.63) is 75.9 Å². The highest BCUT2D eigenvalue weighted by atomic mass is 79.9. The molecule has 0 aliphatic heterocycles. The summed E-state index contributed by atoms with van der Waals surface area (Å²) in [5.41, 5.74) is 1.38. The van der Waals surface area contributed by atoms with Crippen LogP contribution < -0.4 is 10.6 Å². The summed E-state index contributed by atoms with van der Waals surface area (Å²) in [4.78, 5) is 29.4. The maximum atomic E-state index is 12.8. The molecular formula is C20H15BrClN3O2S. The van der Waals surface area contributed by atoms with Gasteiger partial charge in [0.2, 0.25) is 5.91 Å². The third kappa shape index (κ3) is 5.34. The van der Waals surface area contributed by atoms with Gasteiger partial charge in [0.15, 0.2) is 0 Å². The number of pyridine rings is 1. The van der Waals surface area contributed by atoms with E-state index in [2.05, 4.69) is 31.5 Å². The molecule has 2 amide bonds. The van der Waals surface area contributed by atoms with Crippen LogP contribution in [0.15, 0.2) is 75.2 Å². The third-order valence-electron chi connectivity index (χ3n) is 3.58. The number of anilines is 2. The lowest BCUT2D eigenvalue weighted by Crippen LogP contribution is -2.14. The number of nitrogens with one attached hydrogen (secondary N) is 2. The van der Waals surface area contributed by atoms with E-state index in [9.17, 15) is 9.59 Å². The molecule has 1 heterocycles. The van der Waals surface area contributed by atoms with Crippen LogP contribution in [0.25, 0.3) is 0 Å². The van der Waals surface area contributed by atoms with Crippen molar-refractivity contribution in [3.63, 3.8) is 0 Å². The fourth-order valence-electron chi connectivity index (χ4n) is 2.35. The molecule has 0 spiro atoms. The molecule has 2 N–H and O–H groups in total. The first-order chi connectivity index (χ1) is 13.4. The molecule has 0 saturated carbocycles. The third-order valence-corrected chi connectivity index (χ3v) is 5.46. The fourth-order valence-corrected chi connectivity index (χ4v) is 3.66. The largest absolute Gasteiger partial charge is 0.326 e. The number of benzene rings is 2. The van der Waals surface area contributed by atoms with Gasteiger partial charge in [-0.25, -0.2) is 4.98 Å². The van der Waals surface area contributed by atoms with Gasteiger partial charge < -0.3 is 10.6 Å².